The highest BCUT2D eigenvalue weighted by Crippen LogP contribution is 2.15. The summed E-state index contributed by atoms with van der Waals surface area (Å²) in [6.07, 6.45) is -1.48. The van der Waals surface area contributed by atoms with E-state index < -0.39 is 17.9 Å². The lowest BCUT2D eigenvalue weighted by Gasteiger charge is -2.23. The molecule has 0 spiro atoms. The molecule has 1 aliphatic rings. The van der Waals surface area contributed by atoms with E-state index in [1.54, 1.807) is 20.8 Å². The van der Waals surface area contributed by atoms with E-state index in [1.165, 1.54) is 4.90 Å². The van der Waals surface area contributed by atoms with E-state index >= 15 is 0 Å². The Morgan fingerprint density at radius 1 is 1.50 bits per heavy atom. The summed E-state index contributed by atoms with van der Waals surface area (Å²) < 4.78 is 18.2. The quantitative estimate of drug-likeness (QED) is 0.613. The fourth-order valence-corrected chi connectivity index (χ4v) is 1.31. The molecule has 0 aromatic heterocycles. The zero-order valence-corrected chi connectivity index (χ0v) is 8.92. The minimum Gasteiger partial charge on any atom is -0.444 e. The number of rotatable bonds is 0. The van der Waals surface area contributed by atoms with E-state index in [1.807, 2.05) is 0 Å². The lowest BCUT2D eigenvalue weighted by molar-refractivity contribution is -0.423. The Morgan fingerprint density at radius 2 is 2.07 bits per heavy atom. The second-order valence-corrected chi connectivity index (χ2v) is 4.66. The SMILES string of the molecule is CC(C)(C)OC(=O)N1CC([NH3+])[C@H](F)C1. The molecule has 0 aromatic rings. The smallest absolute Gasteiger partial charge is 0.410 e. The molecule has 1 aliphatic heterocycles. The number of quaternary nitrogens is 1. The van der Waals surface area contributed by atoms with Crippen molar-refractivity contribution in [3.05, 3.63) is 0 Å². The molecule has 1 unspecified atom stereocenters. The van der Waals surface area contributed by atoms with Gasteiger partial charge in [0.05, 0.1) is 13.1 Å². The maximum Gasteiger partial charge on any atom is 0.410 e. The van der Waals surface area contributed by atoms with Gasteiger partial charge in [0.2, 0.25) is 0 Å². The van der Waals surface area contributed by atoms with E-state index in [-0.39, 0.29) is 12.6 Å². The molecule has 3 N–H and O–H groups in total. The van der Waals surface area contributed by atoms with Crippen molar-refractivity contribution in [3.8, 4) is 0 Å². The molecule has 1 saturated heterocycles. The third-order valence-corrected chi connectivity index (χ3v) is 2.01. The molecule has 0 saturated carbocycles. The molecule has 14 heavy (non-hydrogen) atoms. The van der Waals surface area contributed by atoms with Crippen LogP contribution in [0.25, 0.3) is 0 Å². The van der Waals surface area contributed by atoms with Crippen molar-refractivity contribution >= 4 is 6.09 Å². The number of hydrogen-bond donors (Lipinski definition) is 1. The largest absolute Gasteiger partial charge is 0.444 e. The third kappa shape index (κ3) is 2.83. The Morgan fingerprint density at radius 3 is 2.43 bits per heavy atom. The van der Waals surface area contributed by atoms with Crippen molar-refractivity contribution in [2.75, 3.05) is 13.1 Å². The Bertz CT molecular complexity index is 217. The minimum atomic E-state index is -1.03. The predicted molar refractivity (Wildman–Crippen MR) is 49.4 cm³/mol. The van der Waals surface area contributed by atoms with Crippen LogP contribution in [0, 0.1) is 0 Å². The number of carbonyl (C=O) groups excluding carboxylic acids is 1. The van der Waals surface area contributed by atoms with Crippen molar-refractivity contribution in [2.24, 2.45) is 0 Å². The Kier molecular flexibility index (Phi) is 2.99. The zero-order chi connectivity index (χ0) is 10.9. The number of hydrogen-bond acceptors (Lipinski definition) is 2. The fraction of sp³-hybridized carbons (Fsp3) is 0.889. The lowest BCUT2D eigenvalue weighted by Crippen LogP contribution is -2.65. The van der Waals surface area contributed by atoms with Crippen LogP contribution < -0.4 is 5.73 Å². The van der Waals surface area contributed by atoms with Gasteiger partial charge in [0, 0.05) is 0 Å². The minimum absolute atomic E-state index is 0.100. The molecular formula is C9H18FN2O2+. The number of nitrogens with zero attached hydrogens (tertiary/aromatic N) is 1. The van der Waals surface area contributed by atoms with Gasteiger partial charge in [-0.25, -0.2) is 9.18 Å². The molecule has 5 heteroatoms. The number of halogens is 1. The van der Waals surface area contributed by atoms with Crippen LogP contribution in [-0.2, 0) is 4.74 Å². The van der Waals surface area contributed by atoms with E-state index in [2.05, 4.69) is 5.73 Å². The van der Waals surface area contributed by atoms with Crippen LogP contribution in [0.3, 0.4) is 0 Å². The number of likely N-dealkylation sites (tertiary alicyclic amines) is 1. The highest BCUT2D eigenvalue weighted by molar-refractivity contribution is 5.68. The van der Waals surface area contributed by atoms with Crippen molar-refractivity contribution in [1.29, 1.82) is 0 Å². The predicted octanol–water partition coefficient (Wildman–Crippen LogP) is 0.186. The summed E-state index contributed by atoms with van der Waals surface area (Å²) in [6.45, 7) is 5.81. The van der Waals surface area contributed by atoms with Crippen molar-refractivity contribution in [2.45, 2.75) is 38.6 Å². The van der Waals surface area contributed by atoms with Gasteiger partial charge in [-0.05, 0) is 20.8 Å². The van der Waals surface area contributed by atoms with E-state index in [4.69, 9.17) is 4.74 Å². The molecule has 0 aliphatic carbocycles. The average molecular weight is 205 g/mol. The van der Waals surface area contributed by atoms with Gasteiger partial charge in [-0.1, -0.05) is 0 Å². The topological polar surface area (TPSA) is 57.2 Å². The molecule has 0 radical (unpaired) electrons. The zero-order valence-electron chi connectivity index (χ0n) is 8.92. The van der Waals surface area contributed by atoms with Crippen LogP contribution in [0.1, 0.15) is 20.8 Å². The Labute approximate surface area is 83.2 Å². The number of amides is 1. The fourth-order valence-electron chi connectivity index (χ4n) is 1.31. The molecule has 0 aromatic carbocycles. The normalized spacial score (nSPS) is 27.9. The van der Waals surface area contributed by atoms with Crippen LogP contribution in [0.4, 0.5) is 9.18 Å². The molecule has 1 fully saturated rings. The first-order valence-corrected chi connectivity index (χ1v) is 4.74. The van der Waals surface area contributed by atoms with E-state index in [9.17, 15) is 9.18 Å². The van der Waals surface area contributed by atoms with E-state index in [0.717, 1.165) is 0 Å². The summed E-state index contributed by atoms with van der Waals surface area (Å²) in [4.78, 5) is 12.8. The molecular weight excluding hydrogens is 187 g/mol. The lowest BCUT2D eigenvalue weighted by atomic mass is 10.2. The molecule has 4 nitrogen and oxygen atoms in total. The summed E-state index contributed by atoms with van der Waals surface area (Å²) in [5.41, 5.74) is 3.10. The maximum absolute atomic E-state index is 13.0. The van der Waals surface area contributed by atoms with Crippen molar-refractivity contribution in [1.82, 2.24) is 4.90 Å². The van der Waals surface area contributed by atoms with Crippen LogP contribution in [-0.4, -0.2) is 41.9 Å². The monoisotopic (exact) mass is 205 g/mol. The first kappa shape index (κ1) is 11.2. The molecule has 0 bridgehead atoms. The second-order valence-electron chi connectivity index (χ2n) is 4.66. The summed E-state index contributed by atoms with van der Waals surface area (Å²) in [6, 6.07) is -0.331. The maximum atomic E-state index is 13.0. The summed E-state index contributed by atoms with van der Waals surface area (Å²) in [5, 5.41) is 0. The molecule has 1 heterocycles. The summed E-state index contributed by atoms with van der Waals surface area (Å²) in [7, 11) is 0. The number of carbonyl (C=O) groups is 1. The second kappa shape index (κ2) is 3.73. The van der Waals surface area contributed by atoms with Gasteiger partial charge in [0.15, 0.2) is 6.17 Å². The van der Waals surface area contributed by atoms with Gasteiger partial charge in [0.1, 0.15) is 11.6 Å². The highest BCUT2D eigenvalue weighted by Gasteiger charge is 2.37. The van der Waals surface area contributed by atoms with Crippen molar-refractivity contribution < 1.29 is 19.7 Å². The van der Waals surface area contributed by atoms with Gasteiger partial charge in [0.25, 0.3) is 0 Å². The van der Waals surface area contributed by atoms with Gasteiger partial charge in [-0.2, -0.15) is 0 Å². The van der Waals surface area contributed by atoms with Crippen LogP contribution >= 0.6 is 0 Å². The van der Waals surface area contributed by atoms with E-state index in [0.29, 0.717) is 6.54 Å². The van der Waals surface area contributed by atoms with Gasteiger partial charge >= 0.3 is 6.09 Å². The molecule has 1 amide bonds. The number of ether oxygens (including phenoxy) is 1. The van der Waals surface area contributed by atoms with Crippen LogP contribution in [0.5, 0.6) is 0 Å². The molecule has 82 valence electrons. The average Bonchev–Trinajstić information content (AvgIpc) is 2.28. The van der Waals surface area contributed by atoms with Crippen LogP contribution in [0.2, 0.25) is 0 Å². The van der Waals surface area contributed by atoms with Gasteiger partial charge in [-0.15, -0.1) is 0 Å². The number of alkyl halides is 1. The Balaban J connectivity index is 2.48. The van der Waals surface area contributed by atoms with Crippen molar-refractivity contribution in [3.63, 3.8) is 0 Å². The highest BCUT2D eigenvalue weighted by atomic mass is 19.1. The van der Waals surface area contributed by atoms with Gasteiger partial charge in [-0.3, -0.25) is 4.90 Å². The molecule has 2 atom stereocenters. The molecule has 1 rings (SSSR count). The summed E-state index contributed by atoms with van der Waals surface area (Å²) in [5.74, 6) is 0. The Hall–Kier alpha value is -0.840. The van der Waals surface area contributed by atoms with Crippen LogP contribution in [0.15, 0.2) is 0 Å². The first-order valence-electron chi connectivity index (χ1n) is 4.74. The summed E-state index contributed by atoms with van der Waals surface area (Å²) >= 11 is 0. The third-order valence-electron chi connectivity index (χ3n) is 2.01. The van der Waals surface area contributed by atoms with Gasteiger partial charge < -0.3 is 10.5 Å². The first-order chi connectivity index (χ1) is 6.29. The standard InChI is InChI=1S/C9H17FN2O2/c1-9(2,3)14-8(13)12-4-6(10)7(11)5-12/h6-7H,4-5,11H2,1-3H3/p+1/t6-,7?/m1/s1.